The molecule has 0 aromatic heterocycles. The summed E-state index contributed by atoms with van der Waals surface area (Å²) < 4.78 is 0. The molecule has 0 amide bonds. The maximum Gasteiger partial charge on any atom is 0.335 e. The summed E-state index contributed by atoms with van der Waals surface area (Å²) in [5.41, 5.74) is 0.242. The monoisotopic (exact) mass is 236 g/mol. The number of rotatable bonds is 5. The van der Waals surface area contributed by atoms with Crippen LogP contribution in [0.15, 0.2) is 18.2 Å². The summed E-state index contributed by atoms with van der Waals surface area (Å²) in [7, 11) is 0. The molecule has 2 N–H and O–H groups in total. The van der Waals surface area contributed by atoms with E-state index < -0.39 is 10.9 Å². The fraction of sp³-hybridized carbons (Fsp3) is 0.364. The van der Waals surface area contributed by atoms with Crippen molar-refractivity contribution in [1.82, 2.24) is 0 Å². The smallest absolute Gasteiger partial charge is 0.335 e. The molecule has 0 radical (unpaired) electrons. The van der Waals surface area contributed by atoms with Crippen LogP contribution in [0.25, 0.3) is 0 Å². The number of carboxylic acid groups (broad SMARTS) is 1. The largest absolute Gasteiger partial charge is 0.478 e. The van der Waals surface area contributed by atoms with Gasteiger partial charge in [-0.2, -0.15) is 0 Å². The van der Waals surface area contributed by atoms with E-state index in [2.05, 4.69) is 5.32 Å². The first kappa shape index (κ1) is 11.4. The van der Waals surface area contributed by atoms with Crippen LogP contribution in [0.5, 0.6) is 0 Å². The van der Waals surface area contributed by atoms with Gasteiger partial charge in [0, 0.05) is 12.6 Å². The fourth-order valence-electron chi connectivity index (χ4n) is 1.55. The maximum absolute atomic E-state index is 10.8. The standard InChI is InChI=1S/C11H12N2O4/c14-11(15)8-3-4-10(13(16)17)9(5-8)12-6-7-1-2-7/h3-5,7,12H,1-2,6H2,(H,14,15). The Kier molecular flexibility index (Phi) is 2.95. The molecule has 6 nitrogen and oxygen atoms in total. The van der Waals surface area contributed by atoms with E-state index in [-0.39, 0.29) is 16.9 Å². The quantitative estimate of drug-likeness (QED) is 0.603. The van der Waals surface area contributed by atoms with Crippen LogP contribution in [-0.4, -0.2) is 22.5 Å². The molecule has 1 saturated carbocycles. The van der Waals surface area contributed by atoms with Crippen LogP contribution in [0.4, 0.5) is 11.4 Å². The first-order valence-corrected chi connectivity index (χ1v) is 5.33. The molecule has 90 valence electrons. The van der Waals surface area contributed by atoms with E-state index in [1.807, 2.05) is 0 Å². The van der Waals surface area contributed by atoms with E-state index in [1.165, 1.54) is 18.2 Å². The number of carbonyl (C=O) groups is 1. The van der Waals surface area contributed by atoms with Gasteiger partial charge in [-0.15, -0.1) is 0 Å². The lowest BCUT2D eigenvalue weighted by molar-refractivity contribution is -0.384. The summed E-state index contributed by atoms with van der Waals surface area (Å²) in [6.45, 7) is 0.657. The van der Waals surface area contributed by atoms with Crippen molar-refractivity contribution in [2.75, 3.05) is 11.9 Å². The molecule has 1 aromatic rings. The summed E-state index contributed by atoms with van der Waals surface area (Å²) >= 11 is 0. The summed E-state index contributed by atoms with van der Waals surface area (Å²) in [6, 6.07) is 3.77. The lowest BCUT2D eigenvalue weighted by Crippen LogP contribution is -2.07. The summed E-state index contributed by atoms with van der Waals surface area (Å²) in [4.78, 5) is 21.1. The molecule has 17 heavy (non-hydrogen) atoms. The van der Waals surface area contributed by atoms with Crippen molar-refractivity contribution in [2.24, 2.45) is 5.92 Å². The van der Waals surface area contributed by atoms with Crippen LogP contribution in [0, 0.1) is 16.0 Å². The van der Waals surface area contributed by atoms with Crippen molar-refractivity contribution >= 4 is 17.3 Å². The van der Waals surface area contributed by atoms with Crippen LogP contribution >= 0.6 is 0 Å². The Morgan fingerprint density at radius 2 is 2.24 bits per heavy atom. The second-order valence-corrected chi connectivity index (χ2v) is 4.12. The van der Waals surface area contributed by atoms with Gasteiger partial charge in [0.05, 0.1) is 10.5 Å². The number of nitro benzene ring substituents is 1. The zero-order valence-electron chi connectivity index (χ0n) is 9.05. The van der Waals surface area contributed by atoms with Gasteiger partial charge in [-0.05, 0) is 30.9 Å². The van der Waals surface area contributed by atoms with Crippen molar-refractivity contribution in [2.45, 2.75) is 12.8 Å². The second kappa shape index (κ2) is 4.40. The van der Waals surface area contributed by atoms with Crippen LogP contribution in [0.3, 0.4) is 0 Å². The van der Waals surface area contributed by atoms with Gasteiger partial charge >= 0.3 is 5.97 Å². The number of nitrogens with one attached hydrogen (secondary N) is 1. The summed E-state index contributed by atoms with van der Waals surface area (Å²) in [6.07, 6.45) is 2.25. The number of benzene rings is 1. The third-order valence-corrected chi connectivity index (χ3v) is 2.72. The predicted octanol–water partition coefficient (Wildman–Crippen LogP) is 2.11. The number of nitrogens with zero attached hydrogens (tertiary/aromatic N) is 1. The molecule has 1 aliphatic rings. The maximum atomic E-state index is 10.8. The molecule has 0 saturated heterocycles. The molecule has 0 heterocycles. The highest BCUT2D eigenvalue weighted by atomic mass is 16.6. The van der Waals surface area contributed by atoms with E-state index in [4.69, 9.17) is 5.11 Å². The average molecular weight is 236 g/mol. The highest BCUT2D eigenvalue weighted by Gasteiger charge is 2.23. The average Bonchev–Trinajstić information content (AvgIpc) is 3.09. The van der Waals surface area contributed by atoms with E-state index in [0.717, 1.165) is 12.8 Å². The number of aromatic carboxylic acids is 1. The van der Waals surface area contributed by atoms with Crippen molar-refractivity contribution in [1.29, 1.82) is 0 Å². The molecule has 0 unspecified atom stereocenters. The van der Waals surface area contributed by atoms with E-state index in [0.29, 0.717) is 12.5 Å². The number of hydrogen-bond donors (Lipinski definition) is 2. The third kappa shape index (κ3) is 2.72. The van der Waals surface area contributed by atoms with E-state index in [9.17, 15) is 14.9 Å². The number of carboxylic acids is 1. The highest BCUT2D eigenvalue weighted by molar-refractivity contribution is 5.90. The normalized spacial score (nSPS) is 14.4. The van der Waals surface area contributed by atoms with Crippen LogP contribution in [0.2, 0.25) is 0 Å². The van der Waals surface area contributed by atoms with E-state index >= 15 is 0 Å². The van der Waals surface area contributed by atoms with Gasteiger partial charge in [-0.3, -0.25) is 10.1 Å². The van der Waals surface area contributed by atoms with Crippen molar-refractivity contribution in [3.63, 3.8) is 0 Å². The predicted molar refractivity (Wildman–Crippen MR) is 61.3 cm³/mol. The summed E-state index contributed by atoms with van der Waals surface area (Å²) in [5, 5.41) is 22.6. The molecule has 0 spiro atoms. The minimum Gasteiger partial charge on any atom is -0.478 e. The molecule has 0 aliphatic heterocycles. The van der Waals surface area contributed by atoms with Crippen molar-refractivity contribution in [3.8, 4) is 0 Å². The van der Waals surface area contributed by atoms with Crippen LogP contribution < -0.4 is 5.32 Å². The Balaban J connectivity index is 2.24. The van der Waals surface area contributed by atoms with Gasteiger partial charge in [0.25, 0.3) is 5.69 Å². The fourth-order valence-corrected chi connectivity index (χ4v) is 1.55. The van der Waals surface area contributed by atoms with Gasteiger partial charge in [0.1, 0.15) is 5.69 Å². The second-order valence-electron chi connectivity index (χ2n) is 4.12. The van der Waals surface area contributed by atoms with Gasteiger partial charge in [-0.25, -0.2) is 4.79 Å². The molecule has 0 atom stereocenters. The molecule has 6 heteroatoms. The minimum absolute atomic E-state index is 0.0499. The molecule has 1 fully saturated rings. The van der Waals surface area contributed by atoms with Crippen molar-refractivity contribution < 1.29 is 14.8 Å². The first-order valence-electron chi connectivity index (χ1n) is 5.33. The molecule has 1 aliphatic carbocycles. The van der Waals surface area contributed by atoms with Crippen LogP contribution in [-0.2, 0) is 0 Å². The van der Waals surface area contributed by atoms with Crippen molar-refractivity contribution in [3.05, 3.63) is 33.9 Å². The number of hydrogen-bond acceptors (Lipinski definition) is 4. The zero-order chi connectivity index (χ0) is 12.4. The van der Waals surface area contributed by atoms with Gasteiger partial charge in [0.2, 0.25) is 0 Å². The Morgan fingerprint density at radius 3 is 2.76 bits per heavy atom. The summed E-state index contributed by atoms with van der Waals surface area (Å²) in [5.74, 6) is -0.530. The third-order valence-electron chi connectivity index (χ3n) is 2.72. The molecule has 2 rings (SSSR count). The molecule has 1 aromatic carbocycles. The molecular weight excluding hydrogens is 224 g/mol. The lowest BCUT2D eigenvalue weighted by atomic mass is 10.1. The SMILES string of the molecule is O=C(O)c1ccc([N+](=O)[O-])c(NCC2CC2)c1. The minimum atomic E-state index is -1.09. The topological polar surface area (TPSA) is 92.5 Å². The number of anilines is 1. The number of nitro groups is 1. The molecular formula is C11H12N2O4. The van der Waals surface area contributed by atoms with Crippen LogP contribution in [0.1, 0.15) is 23.2 Å². The van der Waals surface area contributed by atoms with Gasteiger partial charge in [-0.1, -0.05) is 0 Å². The highest BCUT2D eigenvalue weighted by Crippen LogP contribution is 2.31. The zero-order valence-corrected chi connectivity index (χ0v) is 9.05. The Morgan fingerprint density at radius 1 is 1.53 bits per heavy atom. The van der Waals surface area contributed by atoms with Gasteiger partial charge < -0.3 is 10.4 Å². The first-order chi connectivity index (χ1) is 8.08. The lowest BCUT2D eigenvalue weighted by Gasteiger charge is -2.07. The Bertz CT molecular complexity index is 469. The Hall–Kier alpha value is -2.11. The van der Waals surface area contributed by atoms with Gasteiger partial charge in [0.15, 0.2) is 0 Å². The Labute approximate surface area is 97.4 Å². The van der Waals surface area contributed by atoms with E-state index in [1.54, 1.807) is 0 Å². The molecule has 0 bridgehead atoms.